The van der Waals surface area contributed by atoms with E-state index in [1.807, 2.05) is 0 Å². The summed E-state index contributed by atoms with van der Waals surface area (Å²) in [7, 11) is 2.86. The van der Waals surface area contributed by atoms with Gasteiger partial charge in [-0.2, -0.15) is 0 Å². The van der Waals surface area contributed by atoms with Crippen LogP contribution in [0.4, 0.5) is 0 Å². The normalized spacial score (nSPS) is 17.6. The summed E-state index contributed by atoms with van der Waals surface area (Å²) in [6.07, 6.45) is 1.58. The van der Waals surface area contributed by atoms with E-state index in [4.69, 9.17) is 23.7 Å². The van der Waals surface area contributed by atoms with Gasteiger partial charge in [0.1, 0.15) is 0 Å². The zero-order valence-corrected chi connectivity index (χ0v) is 17.0. The predicted octanol–water partition coefficient (Wildman–Crippen LogP) is 2.86. The largest absolute Gasteiger partial charge is 0.502 e. The molecule has 2 atom stereocenters. The van der Waals surface area contributed by atoms with Gasteiger partial charge in [-0.25, -0.2) is 4.79 Å². The summed E-state index contributed by atoms with van der Waals surface area (Å²) in [4.78, 5) is 11.5. The summed E-state index contributed by atoms with van der Waals surface area (Å²) in [6, 6.07) is 8.39. The SMILES string of the molecule is CCOC(=O)/C=C/c1ccc2c(c1)O[C@@H](c1cc(OC)c(O)c(OC)c1)[C@H](CO)O2. The molecule has 0 aromatic heterocycles. The van der Waals surface area contributed by atoms with Gasteiger partial charge in [0.2, 0.25) is 5.75 Å². The van der Waals surface area contributed by atoms with E-state index < -0.39 is 18.2 Å². The summed E-state index contributed by atoms with van der Waals surface area (Å²) in [5.74, 6) is 0.767. The molecule has 1 aliphatic rings. The van der Waals surface area contributed by atoms with Crippen LogP contribution in [0.3, 0.4) is 0 Å². The lowest BCUT2D eigenvalue weighted by Crippen LogP contribution is -2.36. The van der Waals surface area contributed by atoms with E-state index in [0.29, 0.717) is 29.2 Å². The summed E-state index contributed by atoms with van der Waals surface area (Å²) in [5.41, 5.74) is 1.31. The number of ether oxygens (including phenoxy) is 5. The van der Waals surface area contributed by atoms with Gasteiger partial charge in [-0.05, 0) is 42.8 Å². The van der Waals surface area contributed by atoms with E-state index in [-0.39, 0.29) is 23.9 Å². The molecule has 0 amide bonds. The molecule has 0 unspecified atom stereocenters. The molecule has 8 heteroatoms. The van der Waals surface area contributed by atoms with Crippen LogP contribution >= 0.6 is 0 Å². The zero-order valence-electron chi connectivity index (χ0n) is 17.0. The van der Waals surface area contributed by atoms with E-state index >= 15 is 0 Å². The van der Waals surface area contributed by atoms with Crippen molar-refractivity contribution in [3.05, 3.63) is 47.5 Å². The third-order valence-corrected chi connectivity index (χ3v) is 4.55. The first-order valence-corrected chi connectivity index (χ1v) is 9.38. The van der Waals surface area contributed by atoms with Crippen molar-refractivity contribution in [2.75, 3.05) is 27.4 Å². The number of aromatic hydroxyl groups is 1. The number of methoxy groups -OCH3 is 2. The zero-order chi connectivity index (χ0) is 21.7. The molecule has 0 saturated carbocycles. The van der Waals surface area contributed by atoms with Crippen molar-refractivity contribution in [2.45, 2.75) is 19.1 Å². The van der Waals surface area contributed by atoms with Gasteiger partial charge in [0.05, 0.1) is 27.4 Å². The molecule has 3 rings (SSSR count). The van der Waals surface area contributed by atoms with Crippen LogP contribution in [0.25, 0.3) is 6.08 Å². The Hall–Kier alpha value is -3.39. The number of carbonyl (C=O) groups is 1. The molecule has 0 fully saturated rings. The molecule has 30 heavy (non-hydrogen) atoms. The minimum atomic E-state index is -0.685. The van der Waals surface area contributed by atoms with Crippen LogP contribution in [-0.4, -0.2) is 49.7 Å². The number of esters is 1. The minimum absolute atomic E-state index is 0.132. The monoisotopic (exact) mass is 416 g/mol. The molecular formula is C22H24O8. The van der Waals surface area contributed by atoms with Crippen molar-refractivity contribution in [1.82, 2.24) is 0 Å². The number of phenols is 1. The molecule has 2 aromatic rings. The van der Waals surface area contributed by atoms with Gasteiger partial charge >= 0.3 is 5.97 Å². The number of phenolic OH excluding ortho intramolecular Hbond substituents is 1. The third kappa shape index (κ3) is 4.44. The second-order valence-electron chi connectivity index (χ2n) is 6.44. The summed E-state index contributed by atoms with van der Waals surface area (Å²) < 4.78 is 27.3. The third-order valence-electron chi connectivity index (χ3n) is 4.55. The molecule has 1 heterocycles. The highest BCUT2D eigenvalue weighted by Gasteiger charge is 2.34. The van der Waals surface area contributed by atoms with Crippen molar-refractivity contribution >= 4 is 12.0 Å². The fraction of sp³-hybridized carbons (Fsp3) is 0.318. The highest BCUT2D eigenvalue weighted by molar-refractivity contribution is 5.87. The molecule has 2 aromatic carbocycles. The van der Waals surface area contributed by atoms with Gasteiger partial charge in [0.15, 0.2) is 35.2 Å². The first-order chi connectivity index (χ1) is 14.5. The highest BCUT2D eigenvalue weighted by atomic mass is 16.6. The molecule has 0 spiro atoms. The Labute approximate surface area is 174 Å². The summed E-state index contributed by atoms with van der Waals surface area (Å²) in [6.45, 7) is 1.75. The van der Waals surface area contributed by atoms with Crippen LogP contribution in [0.1, 0.15) is 24.2 Å². The first kappa shape index (κ1) is 21.3. The van der Waals surface area contributed by atoms with Crippen molar-refractivity contribution < 1.29 is 38.7 Å². The van der Waals surface area contributed by atoms with E-state index in [2.05, 4.69) is 0 Å². The second-order valence-corrected chi connectivity index (χ2v) is 6.44. The number of fused-ring (bicyclic) bond motifs is 1. The van der Waals surface area contributed by atoms with Crippen molar-refractivity contribution in [1.29, 1.82) is 0 Å². The molecule has 2 N–H and O–H groups in total. The van der Waals surface area contributed by atoms with Crippen molar-refractivity contribution in [2.24, 2.45) is 0 Å². The van der Waals surface area contributed by atoms with Gasteiger partial charge in [-0.3, -0.25) is 0 Å². The Balaban J connectivity index is 1.93. The predicted molar refractivity (Wildman–Crippen MR) is 108 cm³/mol. The highest BCUT2D eigenvalue weighted by Crippen LogP contribution is 2.44. The number of benzene rings is 2. The topological polar surface area (TPSA) is 104 Å². The molecule has 1 aliphatic heterocycles. The molecular weight excluding hydrogens is 392 g/mol. The van der Waals surface area contributed by atoms with Crippen molar-refractivity contribution in [3.8, 4) is 28.7 Å². The maximum Gasteiger partial charge on any atom is 0.330 e. The molecule has 0 bridgehead atoms. The van der Waals surface area contributed by atoms with E-state index in [9.17, 15) is 15.0 Å². The van der Waals surface area contributed by atoms with Crippen LogP contribution in [0.5, 0.6) is 28.7 Å². The van der Waals surface area contributed by atoms with Crippen LogP contribution in [0, 0.1) is 0 Å². The average molecular weight is 416 g/mol. The van der Waals surface area contributed by atoms with Gasteiger partial charge in [0.25, 0.3) is 0 Å². The Kier molecular flexibility index (Phi) is 6.68. The maximum absolute atomic E-state index is 11.5. The lowest BCUT2D eigenvalue weighted by molar-refractivity contribution is -0.137. The summed E-state index contributed by atoms with van der Waals surface area (Å²) in [5, 5.41) is 20.0. The number of hydrogen-bond acceptors (Lipinski definition) is 8. The van der Waals surface area contributed by atoms with Crippen LogP contribution in [0.2, 0.25) is 0 Å². The van der Waals surface area contributed by atoms with Gasteiger partial charge in [0, 0.05) is 11.6 Å². The Morgan fingerprint density at radius 3 is 2.40 bits per heavy atom. The lowest BCUT2D eigenvalue weighted by Gasteiger charge is -2.33. The standard InChI is InChI=1S/C22H24O8/c1-4-28-20(24)8-6-13-5-7-15-16(9-13)30-22(19(12-23)29-15)14-10-17(26-2)21(25)18(11-14)27-3/h5-11,19,22-23,25H,4,12H2,1-3H3/b8-6+/t19-,22-/m0/s1. The quantitative estimate of drug-likeness (QED) is 0.525. The van der Waals surface area contributed by atoms with E-state index in [1.165, 1.54) is 20.3 Å². The van der Waals surface area contributed by atoms with Crippen LogP contribution in [-0.2, 0) is 9.53 Å². The number of carbonyl (C=O) groups excluding carboxylic acids is 1. The molecule has 0 radical (unpaired) electrons. The number of aliphatic hydroxyl groups excluding tert-OH is 1. The first-order valence-electron chi connectivity index (χ1n) is 9.38. The maximum atomic E-state index is 11.5. The summed E-state index contributed by atoms with van der Waals surface area (Å²) >= 11 is 0. The Morgan fingerprint density at radius 1 is 1.10 bits per heavy atom. The van der Waals surface area contributed by atoms with Crippen LogP contribution in [0.15, 0.2) is 36.4 Å². The van der Waals surface area contributed by atoms with Gasteiger partial charge < -0.3 is 33.9 Å². The van der Waals surface area contributed by atoms with Gasteiger partial charge in [-0.15, -0.1) is 0 Å². The number of hydrogen-bond donors (Lipinski definition) is 2. The number of rotatable bonds is 7. The lowest BCUT2D eigenvalue weighted by atomic mass is 10.0. The molecule has 160 valence electrons. The minimum Gasteiger partial charge on any atom is -0.502 e. The Morgan fingerprint density at radius 2 is 1.80 bits per heavy atom. The molecule has 8 nitrogen and oxygen atoms in total. The molecule has 0 saturated heterocycles. The number of aliphatic hydroxyl groups is 1. The smallest absolute Gasteiger partial charge is 0.330 e. The van der Waals surface area contributed by atoms with Gasteiger partial charge in [-0.1, -0.05) is 6.07 Å². The second kappa shape index (κ2) is 9.41. The molecule has 0 aliphatic carbocycles. The van der Waals surface area contributed by atoms with Crippen molar-refractivity contribution in [3.63, 3.8) is 0 Å². The average Bonchev–Trinajstić information content (AvgIpc) is 2.77. The van der Waals surface area contributed by atoms with E-state index in [1.54, 1.807) is 43.3 Å². The fourth-order valence-corrected chi connectivity index (χ4v) is 3.10. The fourth-order valence-electron chi connectivity index (χ4n) is 3.10. The Bertz CT molecular complexity index is 912. The van der Waals surface area contributed by atoms with Crippen LogP contribution < -0.4 is 18.9 Å². The van der Waals surface area contributed by atoms with E-state index in [0.717, 1.165) is 0 Å².